The molecule has 0 bridgehead atoms. The largest absolute Gasteiger partial charge is 0.508 e. The number of benzene rings is 2. The molecule has 0 saturated carbocycles. The number of carbonyl (C=O) groups is 1. The van der Waals surface area contributed by atoms with E-state index in [2.05, 4.69) is 29.9 Å². The molecule has 0 fully saturated rings. The molecule has 8 rings (SSSR count). The van der Waals surface area contributed by atoms with Gasteiger partial charge in [0.1, 0.15) is 66.8 Å². The summed E-state index contributed by atoms with van der Waals surface area (Å²) in [7, 11) is 1.37. The first-order valence-electron chi connectivity index (χ1n) is 17.2. The molecule has 58 heavy (non-hydrogen) atoms. The number of aromatic nitrogens is 8. The number of rotatable bonds is 14. The Hall–Kier alpha value is -6.45. The molecule has 0 spiro atoms. The number of imidazole rings is 2. The van der Waals surface area contributed by atoms with Crippen LogP contribution in [0.1, 0.15) is 34.8 Å². The van der Waals surface area contributed by atoms with Gasteiger partial charge in [0.05, 0.1) is 12.0 Å². The second-order valence-corrected chi connectivity index (χ2v) is 16.6. The number of ether oxygens (including phenoxy) is 4. The maximum absolute atomic E-state index is 14.8. The van der Waals surface area contributed by atoms with Gasteiger partial charge in [-0.15, -0.1) is 0 Å². The van der Waals surface area contributed by atoms with Crippen molar-refractivity contribution in [3.05, 3.63) is 108 Å². The molecule has 4 aromatic heterocycles. The van der Waals surface area contributed by atoms with Crippen LogP contribution in [0.15, 0.2) is 96.9 Å². The summed E-state index contributed by atoms with van der Waals surface area (Å²) in [5.41, 5.74) is 14.1. The van der Waals surface area contributed by atoms with Crippen LogP contribution in [0.5, 0.6) is 11.5 Å². The third-order valence-electron chi connectivity index (χ3n) is 8.97. The monoisotopic (exact) mass is 832 g/mol. The Labute approximate surface area is 331 Å². The lowest BCUT2D eigenvalue weighted by atomic mass is 10.2. The van der Waals surface area contributed by atoms with E-state index in [9.17, 15) is 24.7 Å². The fraction of sp³-hybridized carbons (Fsp3) is 0.229. The van der Waals surface area contributed by atoms with Crippen LogP contribution in [0.25, 0.3) is 22.3 Å². The first-order chi connectivity index (χ1) is 28.0. The second-order valence-electron chi connectivity index (χ2n) is 12.6. The molecule has 0 amide bonds. The van der Waals surface area contributed by atoms with Gasteiger partial charge < -0.3 is 50.3 Å². The lowest BCUT2D eigenvalue weighted by Crippen LogP contribution is -2.25. The highest BCUT2D eigenvalue weighted by atomic mass is 32.7. The summed E-state index contributed by atoms with van der Waals surface area (Å²) in [6.45, 7) is -5.53. The molecule has 0 aliphatic carbocycles. The molecular weight excluding hydrogens is 799 g/mol. The molecule has 2 aliphatic rings. The molecule has 2 unspecified atom stereocenters. The van der Waals surface area contributed by atoms with Crippen molar-refractivity contribution in [2.75, 3.05) is 31.8 Å². The average Bonchev–Trinajstić information content (AvgIpc) is 4.02. The molecule has 0 radical (unpaired) electrons. The number of aliphatic hydroxyl groups is 2. The van der Waals surface area contributed by atoms with Gasteiger partial charge in [0.15, 0.2) is 52.5 Å². The summed E-state index contributed by atoms with van der Waals surface area (Å²) >= 11 is 0.787. The summed E-state index contributed by atoms with van der Waals surface area (Å²) < 4.78 is 53.4. The lowest BCUT2D eigenvalue weighted by molar-refractivity contribution is -0.0322. The second kappa shape index (κ2) is 15.8. The number of aromatic hydroxyl groups is 1. The number of esters is 1. The van der Waals surface area contributed by atoms with Crippen molar-refractivity contribution >= 4 is 58.1 Å². The van der Waals surface area contributed by atoms with Crippen molar-refractivity contribution in [1.82, 2.24) is 39.0 Å². The number of anilines is 2. The van der Waals surface area contributed by atoms with E-state index in [0.29, 0.717) is 27.9 Å². The molecule has 6 aromatic rings. The van der Waals surface area contributed by atoms with E-state index in [1.54, 1.807) is 28.8 Å². The number of phenols is 1. The van der Waals surface area contributed by atoms with Crippen molar-refractivity contribution in [2.45, 2.75) is 30.7 Å². The van der Waals surface area contributed by atoms with Crippen LogP contribution in [-0.2, 0) is 33.6 Å². The average molecular weight is 833 g/mol. The summed E-state index contributed by atoms with van der Waals surface area (Å²) in [5.74, 6) is -0.453. The van der Waals surface area contributed by atoms with Crippen molar-refractivity contribution < 1.29 is 52.7 Å². The summed E-state index contributed by atoms with van der Waals surface area (Å²) in [5, 5.41) is 30.9. The zero-order chi connectivity index (χ0) is 40.6. The van der Waals surface area contributed by atoms with Gasteiger partial charge in [-0.3, -0.25) is 13.7 Å². The lowest BCUT2D eigenvalue weighted by Gasteiger charge is -2.24. The van der Waals surface area contributed by atoms with E-state index < -0.39 is 44.5 Å². The van der Waals surface area contributed by atoms with Gasteiger partial charge in [-0.1, -0.05) is 12.1 Å². The van der Waals surface area contributed by atoms with Gasteiger partial charge in [-0.2, -0.15) is 0 Å². The Morgan fingerprint density at radius 2 is 1.55 bits per heavy atom. The standard InChI is InChI=1S/C35H33N10O11PS/c1-51-29-28(23(11-46)55-34(29)45-17-43-27-31(37)39-15-41-33(27)45)56-57(50,58-13-18-2-8-21(9-3-18)53-35(49)19-4-6-20(47)7-5-19)52-12-24-22(48)10-25(54-24)44-16-42-26-30(36)38-14-40-32(26)44/h2-9,14-17,25,29,34,46-48H,10-13H2,1H3,(H2,36,38,40)(H2,37,39,41)/t25-,29?,34-,57?/m1/s1. The maximum Gasteiger partial charge on any atom is 0.440 e. The first kappa shape index (κ1) is 38.4. The number of fused-ring (bicyclic) bond motifs is 2. The Balaban J connectivity index is 1.03. The fourth-order valence-corrected chi connectivity index (χ4v) is 9.18. The number of phenolic OH excluding ortho intramolecular Hbond substituents is 1. The number of methoxy groups -OCH3 is 1. The normalized spacial score (nSPS) is 19.0. The summed E-state index contributed by atoms with van der Waals surface area (Å²) in [6.07, 6.45) is 2.48. The summed E-state index contributed by atoms with van der Waals surface area (Å²) in [4.78, 5) is 37.5. The van der Waals surface area contributed by atoms with Crippen molar-refractivity contribution in [3.63, 3.8) is 0 Å². The van der Waals surface area contributed by atoms with E-state index in [0.717, 1.165) is 11.4 Å². The molecule has 21 nitrogen and oxygen atoms in total. The van der Waals surface area contributed by atoms with Crippen LogP contribution < -0.4 is 16.2 Å². The van der Waals surface area contributed by atoms with E-state index in [1.807, 2.05) is 0 Å². The smallest absolute Gasteiger partial charge is 0.440 e. The van der Waals surface area contributed by atoms with E-state index in [-0.39, 0.29) is 63.9 Å². The molecule has 4 atom stereocenters. The molecule has 0 saturated heterocycles. The zero-order valence-electron chi connectivity index (χ0n) is 30.2. The number of hydrogen-bond acceptors (Lipinski definition) is 20. The molecular formula is C35H33N10O11PS. The minimum absolute atomic E-state index is 0.00401. The third kappa shape index (κ3) is 7.53. The number of nitrogens with two attached hydrogens (primary N) is 2. The van der Waals surface area contributed by atoms with Gasteiger partial charge in [0, 0.05) is 12.9 Å². The van der Waals surface area contributed by atoms with Crippen LogP contribution in [0, 0.1) is 0 Å². The highest BCUT2D eigenvalue weighted by Crippen LogP contribution is 2.65. The predicted molar refractivity (Wildman–Crippen MR) is 204 cm³/mol. The minimum atomic E-state index is -4.35. The first-order valence-corrected chi connectivity index (χ1v) is 20.3. The van der Waals surface area contributed by atoms with E-state index in [4.69, 9.17) is 39.5 Å². The van der Waals surface area contributed by atoms with Crippen LogP contribution in [0.3, 0.4) is 0 Å². The van der Waals surface area contributed by atoms with Gasteiger partial charge >= 0.3 is 12.8 Å². The minimum Gasteiger partial charge on any atom is -0.508 e. The Morgan fingerprint density at radius 1 is 0.897 bits per heavy atom. The SMILES string of the molecule is COC1C(OP(=O)(OCC2=C(O)C[C@H](n3cnc4c(N)ncnc43)O2)SCc2ccc(OC(=O)c3ccc(O)cc3)cc2)=C(CO)O[C@H]1n1cnc2c(N)ncnc21. The van der Waals surface area contributed by atoms with Crippen molar-refractivity contribution in [3.8, 4) is 11.5 Å². The molecule has 2 aromatic carbocycles. The van der Waals surface area contributed by atoms with Crippen LogP contribution in [0.4, 0.5) is 11.6 Å². The van der Waals surface area contributed by atoms with Crippen LogP contribution in [0.2, 0.25) is 0 Å². The number of hydrogen-bond donors (Lipinski definition) is 5. The van der Waals surface area contributed by atoms with Gasteiger partial charge in [0.2, 0.25) is 6.23 Å². The number of nitrogen functional groups attached to an aromatic ring is 2. The molecule has 6 heterocycles. The molecule has 300 valence electrons. The van der Waals surface area contributed by atoms with E-state index in [1.165, 1.54) is 61.3 Å². The highest BCUT2D eigenvalue weighted by Gasteiger charge is 2.45. The van der Waals surface area contributed by atoms with Gasteiger partial charge in [-0.25, -0.2) is 39.3 Å². The zero-order valence-corrected chi connectivity index (χ0v) is 31.9. The van der Waals surface area contributed by atoms with Crippen molar-refractivity contribution in [1.29, 1.82) is 0 Å². The van der Waals surface area contributed by atoms with Gasteiger partial charge in [-0.05, 0) is 53.3 Å². The van der Waals surface area contributed by atoms with Crippen LogP contribution >= 0.6 is 18.2 Å². The van der Waals surface area contributed by atoms with Gasteiger partial charge in [0.25, 0.3) is 0 Å². The fourth-order valence-electron chi connectivity index (χ4n) is 6.08. The molecule has 7 N–H and O–H groups in total. The maximum atomic E-state index is 14.8. The summed E-state index contributed by atoms with van der Waals surface area (Å²) in [6, 6.07) is 12.0. The van der Waals surface area contributed by atoms with Crippen molar-refractivity contribution in [2.24, 2.45) is 0 Å². The topological polar surface area (TPSA) is 289 Å². The Morgan fingerprint density at radius 3 is 2.21 bits per heavy atom. The number of carbonyl (C=O) groups excluding carboxylic acids is 1. The number of nitrogens with zero attached hydrogens (tertiary/aromatic N) is 8. The highest BCUT2D eigenvalue weighted by molar-refractivity contribution is 8.54. The molecule has 23 heteroatoms. The van der Waals surface area contributed by atoms with Crippen LogP contribution in [-0.4, -0.2) is 86.8 Å². The predicted octanol–water partition coefficient (Wildman–Crippen LogP) is 4.27. The number of aliphatic hydroxyl groups excluding tert-OH is 2. The Bertz CT molecular complexity index is 2620. The quantitative estimate of drug-likeness (QED) is 0.0582. The Kier molecular flexibility index (Phi) is 10.5. The third-order valence-corrected chi connectivity index (χ3v) is 12.5. The van der Waals surface area contributed by atoms with E-state index >= 15 is 0 Å². The molecule has 2 aliphatic heterocycles.